The van der Waals surface area contributed by atoms with Crippen molar-refractivity contribution in [2.45, 2.75) is 110 Å². The van der Waals surface area contributed by atoms with Crippen LogP contribution in [-0.2, 0) is 20.6 Å². The van der Waals surface area contributed by atoms with Crippen molar-refractivity contribution in [3.05, 3.63) is 60.1 Å². The molecule has 0 N–H and O–H groups in total. The highest BCUT2D eigenvalue weighted by Gasteiger charge is 2.35. The number of aryl methyl sites for hydroxylation is 1. The van der Waals surface area contributed by atoms with Crippen LogP contribution in [0.5, 0.6) is 0 Å². The number of oxazole rings is 2. The predicted octanol–water partition coefficient (Wildman–Crippen LogP) is 8.55. The predicted molar refractivity (Wildman–Crippen MR) is 154 cm³/mol. The summed E-state index contributed by atoms with van der Waals surface area (Å²) in [7, 11) is 1.70. The monoisotopic (exact) mass is 540 g/mol. The molecule has 0 spiro atoms. The second-order valence-corrected chi connectivity index (χ2v) is 10.7. The van der Waals surface area contributed by atoms with Gasteiger partial charge >= 0.3 is 0 Å². The van der Waals surface area contributed by atoms with E-state index in [1.165, 1.54) is 5.57 Å². The lowest BCUT2D eigenvalue weighted by molar-refractivity contribution is -0.273. The SMILES string of the molecule is CC=C[C@H](C)C=C(C)CC=CCCc1nc(-c2nc([C@H](C[C@@H]3CCC[C@](C)(OCCCC)O3)OC)co2)co1. The van der Waals surface area contributed by atoms with Gasteiger partial charge in [0.1, 0.15) is 24.3 Å². The molecule has 0 saturated carbocycles. The van der Waals surface area contributed by atoms with Gasteiger partial charge in [0.25, 0.3) is 0 Å². The summed E-state index contributed by atoms with van der Waals surface area (Å²) in [6.07, 6.45) is 22.4. The smallest absolute Gasteiger partial charge is 0.248 e. The van der Waals surface area contributed by atoms with Crippen molar-refractivity contribution in [3.8, 4) is 11.6 Å². The van der Waals surface area contributed by atoms with Crippen LogP contribution < -0.4 is 0 Å². The molecule has 4 atom stereocenters. The number of unbranched alkanes of at least 4 members (excludes halogenated alkanes) is 1. The lowest BCUT2D eigenvalue weighted by Gasteiger charge is -2.39. The van der Waals surface area contributed by atoms with Crippen LogP contribution in [0.2, 0.25) is 0 Å². The van der Waals surface area contributed by atoms with Crippen molar-refractivity contribution >= 4 is 0 Å². The van der Waals surface area contributed by atoms with E-state index in [9.17, 15) is 0 Å². The van der Waals surface area contributed by atoms with Gasteiger partial charge in [-0.3, -0.25) is 0 Å². The maximum Gasteiger partial charge on any atom is 0.248 e. The number of rotatable bonds is 16. The van der Waals surface area contributed by atoms with Crippen LogP contribution in [0.25, 0.3) is 11.6 Å². The highest BCUT2D eigenvalue weighted by atomic mass is 16.7. The first-order valence-corrected chi connectivity index (χ1v) is 14.6. The Kier molecular flexibility index (Phi) is 12.7. The van der Waals surface area contributed by atoms with E-state index in [-0.39, 0.29) is 12.2 Å². The van der Waals surface area contributed by atoms with E-state index in [1.54, 1.807) is 19.6 Å². The fraction of sp³-hybridized carbons (Fsp3) is 0.625. The van der Waals surface area contributed by atoms with Crippen molar-refractivity contribution < 1.29 is 23.0 Å². The van der Waals surface area contributed by atoms with Crippen molar-refractivity contribution in [3.63, 3.8) is 0 Å². The van der Waals surface area contributed by atoms with Gasteiger partial charge < -0.3 is 23.0 Å². The van der Waals surface area contributed by atoms with Gasteiger partial charge in [-0.05, 0) is 58.8 Å². The molecule has 1 aliphatic heterocycles. The minimum atomic E-state index is -0.530. The molecule has 1 aliphatic rings. The maximum absolute atomic E-state index is 6.36. The van der Waals surface area contributed by atoms with Gasteiger partial charge in [0, 0.05) is 33.0 Å². The summed E-state index contributed by atoms with van der Waals surface area (Å²) in [4.78, 5) is 9.25. The highest BCUT2D eigenvalue weighted by molar-refractivity contribution is 5.44. The summed E-state index contributed by atoms with van der Waals surface area (Å²) in [5.74, 6) is 1.05. The van der Waals surface area contributed by atoms with Crippen molar-refractivity contribution in [2.75, 3.05) is 13.7 Å². The average Bonchev–Trinajstić information content (AvgIpc) is 3.57. The first-order chi connectivity index (χ1) is 18.9. The van der Waals surface area contributed by atoms with Crippen LogP contribution in [0.3, 0.4) is 0 Å². The van der Waals surface area contributed by atoms with E-state index in [0.29, 0.717) is 29.8 Å². The number of hydrogen-bond donors (Lipinski definition) is 0. The highest BCUT2D eigenvalue weighted by Crippen LogP contribution is 2.35. The Balaban J connectivity index is 1.50. The third-order valence-corrected chi connectivity index (χ3v) is 7.04. The Morgan fingerprint density at radius 2 is 2.08 bits per heavy atom. The minimum absolute atomic E-state index is 0.0399. The van der Waals surface area contributed by atoms with Crippen LogP contribution in [0.15, 0.2) is 57.3 Å². The summed E-state index contributed by atoms with van der Waals surface area (Å²) in [5.41, 5.74) is 2.70. The van der Waals surface area contributed by atoms with E-state index in [1.807, 2.05) is 6.92 Å². The van der Waals surface area contributed by atoms with E-state index >= 15 is 0 Å². The largest absolute Gasteiger partial charge is 0.448 e. The molecule has 0 unspecified atom stereocenters. The molecule has 0 aliphatic carbocycles. The molecule has 3 rings (SSSR count). The summed E-state index contributed by atoms with van der Waals surface area (Å²) in [6, 6.07) is 0. The minimum Gasteiger partial charge on any atom is -0.448 e. The van der Waals surface area contributed by atoms with E-state index in [0.717, 1.165) is 63.7 Å². The zero-order valence-electron chi connectivity index (χ0n) is 24.8. The number of aromatic nitrogens is 2. The fourth-order valence-electron chi connectivity index (χ4n) is 4.95. The van der Waals surface area contributed by atoms with E-state index in [4.69, 9.17) is 23.0 Å². The molecular weight excluding hydrogens is 492 g/mol. The molecular formula is C32H48N2O5. The quantitative estimate of drug-likeness (QED) is 0.156. The molecule has 216 valence electrons. The Morgan fingerprint density at radius 3 is 2.85 bits per heavy atom. The van der Waals surface area contributed by atoms with Crippen molar-refractivity contribution in [2.24, 2.45) is 5.92 Å². The maximum atomic E-state index is 6.36. The number of methoxy groups -OCH3 is 1. The third-order valence-electron chi connectivity index (χ3n) is 7.04. The van der Waals surface area contributed by atoms with Crippen LogP contribution >= 0.6 is 0 Å². The van der Waals surface area contributed by atoms with Gasteiger partial charge in [0.05, 0.1) is 6.10 Å². The van der Waals surface area contributed by atoms with Crippen molar-refractivity contribution in [1.82, 2.24) is 9.97 Å². The Morgan fingerprint density at radius 1 is 1.23 bits per heavy atom. The molecule has 0 radical (unpaired) electrons. The zero-order chi connectivity index (χ0) is 28.1. The molecule has 3 heterocycles. The van der Waals surface area contributed by atoms with Gasteiger partial charge in [-0.15, -0.1) is 0 Å². The number of hydrogen-bond acceptors (Lipinski definition) is 7. The van der Waals surface area contributed by atoms with E-state index < -0.39 is 5.79 Å². The second kappa shape index (κ2) is 15.9. The van der Waals surface area contributed by atoms with Gasteiger partial charge in [-0.1, -0.05) is 56.2 Å². The van der Waals surface area contributed by atoms with Crippen LogP contribution in [0, 0.1) is 5.92 Å². The van der Waals surface area contributed by atoms with Crippen LogP contribution in [0.4, 0.5) is 0 Å². The zero-order valence-corrected chi connectivity index (χ0v) is 24.8. The number of nitrogens with zero attached hydrogens (tertiary/aromatic N) is 2. The summed E-state index contributed by atoms with van der Waals surface area (Å²) >= 11 is 0. The molecule has 7 heteroatoms. The molecule has 0 amide bonds. The molecule has 2 aromatic heterocycles. The molecule has 7 nitrogen and oxygen atoms in total. The van der Waals surface area contributed by atoms with Crippen molar-refractivity contribution in [1.29, 1.82) is 0 Å². The lowest BCUT2D eigenvalue weighted by Crippen LogP contribution is -2.41. The van der Waals surface area contributed by atoms with E-state index in [2.05, 4.69) is 68.0 Å². The second-order valence-electron chi connectivity index (χ2n) is 10.7. The first kappa shape index (κ1) is 31.1. The number of allylic oxidation sites excluding steroid dienone is 6. The van der Waals surface area contributed by atoms with Crippen LogP contribution in [0.1, 0.15) is 104 Å². The Hall–Kier alpha value is -2.48. The van der Waals surface area contributed by atoms with Gasteiger partial charge in [0.2, 0.25) is 5.89 Å². The average molecular weight is 541 g/mol. The van der Waals surface area contributed by atoms with Gasteiger partial charge in [-0.2, -0.15) is 0 Å². The third kappa shape index (κ3) is 10.2. The fourth-order valence-corrected chi connectivity index (χ4v) is 4.95. The molecule has 1 saturated heterocycles. The van der Waals surface area contributed by atoms with Gasteiger partial charge in [-0.25, -0.2) is 9.97 Å². The summed E-state index contributed by atoms with van der Waals surface area (Å²) in [5, 5.41) is 0. The topological polar surface area (TPSA) is 79.8 Å². The first-order valence-electron chi connectivity index (χ1n) is 14.6. The lowest BCUT2D eigenvalue weighted by atomic mass is 9.97. The summed E-state index contributed by atoms with van der Waals surface area (Å²) in [6.45, 7) is 11.4. The molecule has 2 aromatic rings. The molecule has 0 bridgehead atoms. The molecule has 39 heavy (non-hydrogen) atoms. The van der Waals surface area contributed by atoms with Gasteiger partial charge in [0.15, 0.2) is 17.4 Å². The standard InChI is InChI=1S/C32H48N2O5/c1-7-9-19-38-32(5)18-13-16-26(39-32)21-29(35-6)27-22-37-31(34-27)28-23-36-30(33-28)17-12-10-11-15-25(4)20-24(3)14-8-2/h8,10-11,14,20,22-24,26,29H,7,9,12-13,15-19,21H2,1-6H3/t24-,26-,29-,32+/m0/s1. The Labute approximate surface area is 234 Å². The Bertz CT molecular complexity index is 1070. The van der Waals surface area contributed by atoms with Crippen LogP contribution in [-0.4, -0.2) is 35.6 Å². The normalized spacial score (nSPS) is 22.2. The molecule has 0 aromatic carbocycles. The summed E-state index contributed by atoms with van der Waals surface area (Å²) < 4.78 is 29.7. The number of ether oxygens (including phenoxy) is 3. The molecule has 1 fully saturated rings.